The predicted octanol–water partition coefficient (Wildman–Crippen LogP) is 7.84. The van der Waals surface area contributed by atoms with Gasteiger partial charge >= 0.3 is 0 Å². The number of likely N-dealkylation sites (tertiary alicyclic amines) is 1. The van der Waals surface area contributed by atoms with Gasteiger partial charge in [0.1, 0.15) is 39.7 Å². The number of ether oxygens (including phenoxy) is 1. The van der Waals surface area contributed by atoms with Crippen molar-refractivity contribution in [2.24, 2.45) is 0 Å². The number of carbonyl (C=O) groups is 1. The fraction of sp³-hybridized carbons (Fsp3) is 0.333. The lowest BCUT2D eigenvalue weighted by atomic mass is 9.90. The number of fused-ring (bicyclic) bond motifs is 2. The molecule has 256 valence electrons. The number of hydrogen-bond acceptors (Lipinski definition) is 7. The molecule has 1 amide bonds. The van der Waals surface area contributed by atoms with Crippen LogP contribution in [0.5, 0.6) is 5.75 Å². The van der Waals surface area contributed by atoms with E-state index >= 15 is 4.39 Å². The van der Waals surface area contributed by atoms with Crippen molar-refractivity contribution in [1.29, 1.82) is 5.26 Å². The summed E-state index contributed by atoms with van der Waals surface area (Å²) in [5.41, 5.74) is 6.03. The Kier molecular flexibility index (Phi) is 9.74. The van der Waals surface area contributed by atoms with Gasteiger partial charge in [-0.2, -0.15) is 5.26 Å². The average molecular weight is 693 g/mol. The maximum atomic E-state index is 15.2. The molecule has 0 radical (unpaired) electrons. The molecule has 5 heterocycles. The van der Waals surface area contributed by atoms with E-state index in [2.05, 4.69) is 44.1 Å². The molecule has 1 unspecified atom stereocenters. The number of carbonyl (C=O) groups excluding carboxylic acids is 1. The number of aromatic nitrogens is 3. The molecule has 2 aromatic carbocycles. The zero-order chi connectivity index (χ0) is 34.8. The van der Waals surface area contributed by atoms with Gasteiger partial charge in [-0.05, 0) is 106 Å². The zero-order valence-corrected chi connectivity index (χ0v) is 28.9. The number of nitrogens with one attached hydrogen (secondary N) is 1. The number of aromatic amines is 1. The fourth-order valence-corrected chi connectivity index (χ4v) is 8.01. The summed E-state index contributed by atoms with van der Waals surface area (Å²) in [6, 6.07) is 14.7. The number of amides is 1. The van der Waals surface area contributed by atoms with Crippen LogP contribution in [0.15, 0.2) is 65.8 Å². The summed E-state index contributed by atoms with van der Waals surface area (Å²) in [5, 5.41) is 12.8. The molecular formula is C39H38F2N6O2S. The molecular weight excluding hydrogens is 655 g/mol. The molecule has 11 heteroatoms. The van der Waals surface area contributed by atoms with E-state index in [4.69, 9.17) is 4.74 Å². The first kappa shape index (κ1) is 33.6. The molecule has 0 bridgehead atoms. The SMILES string of the molecule is COc1ccc(F)cc1-c1c(F)cnc2[nH]c(C3CCN(CCCc4ccc5c(c4)C(C)N(C(=O)C(C#N)=Cc4nccs4)CC5)CC3)cc12. The Labute approximate surface area is 294 Å². The van der Waals surface area contributed by atoms with Crippen LogP contribution in [0.2, 0.25) is 0 Å². The number of nitrogens with zero attached hydrogens (tertiary/aromatic N) is 5. The van der Waals surface area contributed by atoms with Gasteiger partial charge in [-0.1, -0.05) is 18.2 Å². The summed E-state index contributed by atoms with van der Waals surface area (Å²) in [6.07, 6.45) is 9.07. The lowest BCUT2D eigenvalue weighted by Crippen LogP contribution is -2.39. The van der Waals surface area contributed by atoms with Crippen molar-refractivity contribution >= 4 is 34.4 Å². The van der Waals surface area contributed by atoms with Crippen LogP contribution in [0.25, 0.3) is 28.2 Å². The summed E-state index contributed by atoms with van der Waals surface area (Å²) in [7, 11) is 1.49. The molecule has 1 N–H and O–H groups in total. The molecule has 1 atom stereocenters. The van der Waals surface area contributed by atoms with Crippen molar-refractivity contribution in [3.63, 3.8) is 0 Å². The smallest absolute Gasteiger partial charge is 0.265 e. The van der Waals surface area contributed by atoms with Crippen molar-refractivity contribution < 1.29 is 18.3 Å². The minimum Gasteiger partial charge on any atom is -0.496 e. The summed E-state index contributed by atoms with van der Waals surface area (Å²) < 4.78 is 34.8. The minimum atomic E-state index is -0.520. The predicted molar refractivity (Wildman–Crippen MR) is 191 cm³/mol. The zero-order valence-electron chi connectivity index (χ0n) is 28.1. The third kappa shape index (κ3) is 6.78. The van der Waals surface area contributed by atoms with E-state index in [9.17, 15) is 14.4 Å². The Morgan fingerprint density at radius 3 is 2.74 bits per heavy atom. The van der Waals surface area contributed by atoms with Crippen molar-refractivity contribution in [1.82, 2.24) is 24.8 Å². The van der Waals surface area contributed by atoms with Crippen molar-refractivity contribution in [2.45, 2.75) is 51.0 Å². The first-order valence-corrected chi connectivity index (χ1v) is 17.9. The Balaban J connectivity index is 0.960. The number of nitriles is 1. The number of methoxy groups -OCH3 is 1. The highest BCUT2D eigenvalue weighted by atomic mass is 32.1. The van der Waals surface area contributed by atoms with E-state index in [1.165, 1.54) is 54.0 Å². The molecule has 7 rings (SSSR count). The normalized spacial score (nSPS) is 17.1. The Morgan fingerprint density at radius 2 is 1.98 bits per heavy atom. The molecule has 2 aliphatic heterocycles. The summed E-state index contributed by atoms with van der Waals surface area (Å²) in [6.45, 7) is 5.52. The molecule has 1 saturated heterocycles. The summed E-state index contributed by atoms with van der Waals surface area (Å²) in [5.74, 6) is -0.538. The fourth-order valence-electron chi connectivity index (χ4n) is 7.44. The molecule has 5 aromatic rings. The van der Waals surface area contributed by atoms with Crippen LogP contribution in [-0.2, 0) is 17.6 Å². The molecule has 8 nitrogen and oxygen atoms in total. The second-order valence-electron chi connectivity index (χ2n) is 13.0. The van der Waals surface area contributed by atoms with Crippen molar-refractivity contribution in [3.8, 4) is 22.9 Å². The molecule has 0 aliphatic carbocycles. The van der Waals surface area contributed by atoms with Gasteiger partial charge in [0, 0.05) is 46.2 Å². The lowest BCUT2D eigenvalue weighted by molar-refractivity contribution is -0.129. The number of piperidine rings is 1. The van der Waals surface area contributed by atoms with Gasteiger partial charge in [0.05, 0.1) is 19.3 Å². The lowest BCUT2D eigenvalue weighted by Gasteiger charge is -2.35. The average Bonchev–Trinajstić information content (AvgIpc) is 3.81. The number of rotatable bonds is 9. The number of hydrogen-bond donors (Lipinski definition) is 1. The van der Waals surface area contributed by atoms with E-state index < -0.39 is 11.6 Å². The van der Waals surface area contributed by atoms with E-state index in [-0.39, 0.29) is 29.0 Å². The first-order chi connectivity index (χ1) is 24.3. The standard InChI is InChI=1S/C39H38F2N6O2S/c1-24-30-18-25(5-6-26(30)11-16-47(24)39(48)28(22-42)19-36-43-12-17-50-36)4-3-13-46-14-9-27(10-15-46)34-21-32-37(33(41)23-44-38(32)45-34)31-20-29(40)7-8-35(31)49-2/h5-8,12,17-21,23-24,27H,3-4,9-11,13-16H2,1-2H3,(H,44,45). The van der Waals surface area contributed by atoms with Gasteiger partial charge < -0.3 is 19.5 Å². The monoisotopic (exact) mass is 692 g/mol. The van der Waals surface area contributed by atoms with Gasteiger partial charge in [-0.25, -0.2) is 18.7 Å². The maximum absolute atomic E-state index is 15.2. The van der Waals surface area contributed by atoms with Gasteiger partial charge in [0.2, 0.25) is 0 Å². The van der Waals surface area contributed by atoms with Gasteiger partial charge in [0.25, 0.3) is 5.91 Å². The molecule has 2 aliphatic rings. The van der Waals surface area contributed by atoms with Crippen LogP contribution in [-0.4, -0.2) is 63.9 Å². The highest BCUT2D eigenvalue weighted by Gasteiger charge is 2.30. The van der Waals surface area contributed by atoms with Gasteiger partial charge in [-0.3, -0.25) is 4.79 Å². The summed E-state index contributed by atoms with van der Waals surface area (Å²) >= 11 is 1.40. The van der Waals surface area contributed by atoms with Crippen LogP contribution in [0.4, 0.5) is 8.78 Å². The van der Waals surface area contributed by atoms with Crippen LogP contribution in [0, 0.1) is 23.0 Å². The highest BCUT2D eigenvalue weighted by molar-refractivity contribution is 7.10. The number of aryl methyl sites for hydroxylation is 1. The topological polar surface area (TPSA) is 98.1 Å². The second-order valence-corrected chi connectivity index (χ2v) is 14.0. The van der Waals surface area contributed by atoms with Gasteiger partial charge in [-0.15, -0.1) is 11.3 Å². The van der Waals surface area contributed by atoms with Crippen LogP contribution in [0.3, 0.4) is 0 Å². The number of halogens is 2. The quantitative estimate of drug-likeness (QED) is 0.125. The van der Waals surface area contributed by atoms with Crippen molar-refractivity contribution in [2.75, 3.05) is 33.3 Å². The molecule has 0 saturated carbocycles. The number of pyridine rings is 1. The Bertz CT molecular complexity index is 2100. The van der Waals surface area contributed by atoms with E-state index in [1.54, 1.807) is 17.2 Å². The Hall–Kier alpha value is -4.92. The minimum absolute atomic E-state index is 0.111. The third-order valence-electron chi connectivity index (χ3n) is 10.1. The first-order valence-electron chi connectivity index (χ1n) is 17.0. The largest absolute Gasteiger partial charge is 0.496 e. The number of benzene rings is 2. The van der Waals surface area contributed by atoms with Gasteiger partial charge in [0.15, 0.2) is 0 Å². The van der Waals surface area contributed by atoms with E-state index in [0.29, 0.717) is 33.9 Å². The van der Waals surface area contributed by atoms with Crippen LogP contribution >= 0.6 is 11.3 Å². The third-order valence-corrected chi connectivity index (χ3v) is 10.8. The second kappa shape index (κ2) is 14.5. The molecule has 50 heavy (non-hydrogen) atoms. The maximum Gasteiger partial charge on any atom is 0.265 e. The molecule has 1 fully saturated rings. The molecule has 0 spiro atoms. The Morgan fingerprint density at radius 1 is 1.14 bits per heavy atom. The van der Waals surface area contributed by atoms with E-state index in [0.717, 1.165) is 63.0 Å². The summed E-state index contributed by atoms with van der Waals surface area (Å²) in [4.78, 5) is 29.6. The number of H-pyrrole nitrogens is 1. The van der Waals surface area contributed by atoms with Crippen molar-refractivity contribution in [3.05, 3.63) is 105 Å². The van der Waals surface area contributed by atoms with Crippen LogP contribution in [0.1, 0.15) is 65.5 Å². The van der Waals surface area contributed by atoms with Crippen LogP contribution < -0.4 is 4.74 Å². The number of thiazole rings is 1. The highest BCUT2D eigenvalue weighted by Crippen LogP contribution is 2.39. The molecule has 3 aromatic heterocycles. The van der Waals surface area contributed by atoms with E-state index in [1.807, 2.05) is 18.4 Å².